The molecule has 1 aliphatic carbocycles. The average molecular weight is 610 g/mol. The second-order valence-electron chi connectivity index (χ2n) is 12.2. The molecule has 234 valence electrons. The van der Waals surface area contributed by atoms with Gasteiger partial charge in [-0.3, -0.25) is 18.9 Å². The lowest BCUT2D eigenvalue weighted by Crippen LogP contribution is -2.44. The number of fused-ring (bicyclic) bond motifs is 1. The van der Waals surface area contributed by atoms with Crippen LogP contribution >= 0.6 is 0 Å². The van der Waals surface area contributed by atoms with Gasteiger partial charge in [0.15, 0.2) is 5.82 Å². The molecule has 1 saturated carbocycles. The monoisotopic (exact) mass is 609 g/mol. The number of aryl methyl sites for hydroxylation is 1. The maximum atomic E-state index is 14.4. The van der Waals surface area contributed by atoms with E-state index in [0.717, 1.165) is 98.1 Å². The molecule has 7 rings (SSSR count). The molecule has 1 saturated heterocycles. The van der Waals surface area contributed by atoms with Crippen LogP contribution in [0.5, 0.6) is 0 Å². The van der Waals surface area contributed by atoms with E-state index in [0.29, 0.717) is 30.1 Å². The number of ether oxygens (including phenoxy) is 1. The Morgan fingerprint density at radius 2 is 1.67 bits per heavy atom. The zero-order chi connectivity index (χ0) is 30.8. The summed E-state index contributed by atoms with van der Waals surface area (Å²) in [5.41, 5.74) is 5.48. The highest BCUT2D eigenvalue weighted by Gasteiger charge is 2.29. The van der Waals surface area contributed by atoms with Gasteiger partial charge >= 0.3 is 5.76 Å². The first-order valence-corrected chi connectivity index (χ1v) is 16.1. The maximum absolute atomic E-state index is 14.4. The molecule has 11 nitrogen and oxygen atoms in total. The van der Waals surface area contributed by atoms with Crippen molar-refractivity contribution in [3.05, 3.63) is 92.6 Å². The van der Waals surface area contributed by atoms with Gasteiger partial charge in [0, 0.05) is 48.9 Å². The van der Waals surface area contributed by atoms with Gasteiger partial charge in [-0.25, -0.2) is 9.31 Å². The molecule has 0 amide bonds. The molecule has 2 fully saturated rings. The van der Waals surface area contributed by atoms with Gasteiger partial charge < -0.3 is 10.1 Å². The highest BCUT2D eigenvalue weighted by molar-refractivity contribution is 5.80. The molecule has 3 aromatic heterocycles. The fourth-order valence-electron chi connectivity index (χ4n) is 7.07. The summed E-state index contributed by atoms with van der Waals surface area (Å²) >= 11 is 0. The van der Waals surface area contributed by atoms with E-state index in [4.69, 9.17) is 9.26 Å². The Hall–Kier alpha value is -4.35. The van der Waals surface area contributed by atoms with E-state index in [-0.39, 0.29) is 11.6 Å². The average Bonchev–Trinajstić information content (AvgIpc) is 3.74. The number of rotatable bonds is 9. The van der Waals surface area contributed by atoms with Crippen molar-refractivity contribution in [1.29, 1.82) is 0 Å². The molecule has 11 heteroatoms. The molecule has 45 heavy (non-hydrogen) atoms. The first-order valence-electron chi connectivity index (χ1n) is 16.1. The smallest absolute Gasteiger partial charge is 0.381 e. The normalized spacial score (nSPS) is 19.3. The van der Waals surface area contributed by atoms with Crippen LogP contribution in [0.4, 0.5) is 0 Å². The second-order valence-corrected chi connectivity index (χ2v) is 12.2. The first kappa shape index (κ1) is 29.4. The summed E-state index contributed by atoms with van der Waals surface area (Å²) in [6.07, 6.45) is 9.78. The van der Waals surface area contributed by atoms with Crippen molar-refractivity contribution in [2.75, 3.05) is 13.2 Å². The fraction of sp³-hybridized carbons (Fsp3) is 0.441. The Balaban J connectivity index is 1.17. The Bertz CT molecular complexity index is 1870. The van der Waals surface area contributed by atoms with Crippen molar-refractivity contribution in [3.63, 3.8) is 0 Å². The lowest BCUT2D eigenvalue weighted by Gasteiger charge is -2.34. The minimum atomic E-state index is -0.590. The maximum Gasteiger partial charge on any atom is 0.439 e. The zero-order valence-electron chi connectivity index (χ0n) is 25.6. The number of H-pyrrole nitrogens is 1. The molecular weight excluding hydrogens is 570 g/mol. The van der Waals surface area contributed by atoms with Gasteiger partial charge in [0.25, 0.3) is 5.56 Å². The van der Waals surface area contributed by atoms with Crippen molar-refractivity contribution in [1.82, 2.24) is 34.6 Å². The van der Waals surface area contributed by atoms with Gasteiger partial charge in [-0.2, -0.15) is 10.1 Å². The molecule has 5 aromatic rings. The van der Waals surface area contributed by atoms with Crippen molar-refractivity contribution in [2.45, 2.75) is 82.8 Å². The van der Waals surface area contributed by atoms with E-state index in [9.17, 15) is 9.59 Å². The number of aromatic amines is 1. The third kappa shape index (κ3) is 6.02. The third-order valence-electron chi connectivity index (χ3n) is 9.34. The topological polar surface area (TPSA) is 132 Å². The number of aromatic nitrogens is 6. The first-order chi connectivity index (χ1) is 22.1. The van der Waals surface area contributed by atoms with E-state index in [1.807, 2.05) is 45.5 Å². The van der Waals surface area contributed by atoms with Gasteiger partial charge in [-0.05, 0) is 61.6 Å². The van der Waals surface area contributed by atoms with E-state index in [1.54, 1.807) is 6.33 Å². The van der Waals surface area contributed by atoms with Gasteiger partial charge in [-0.15, -0.1) is 0 Å². The summed E-state index contributed by atoms with van der Waals surface area (Å²) in [5.74, 6) is 0.442. The van der Waals surface area contributed by atoms with Crippen molar-refractivity contribution < 1.29 is 9.26 Å². The van der Waals surface area contributed by atoms with Crippen LogP contribution < -0.4 is 16.6 Å². The highest BCUT2D eigenvalue weighted by Crippen LogP contribution is 2.32. The molecule has 0 bridgehead atoms. The number of nitrogens with zero attached hydrogens (tertiary/aromatic N) is 5. The molecule has 2 aromatic carbocycles. The molecular formula is C34H39N7O4. The molecule has 2 aliphatic rings. The quantitative estimate of drug-likeness (QED) is 0.246. The Labute approximate surface area is 260 Å². The number of benzene rings is 2. The molecule has 0 unspecified atom stereocenters. The Morgan fingerprint density at radius 1 is 0.933 bits per heavy atom. The molecule has 0 spiro atoms. The summed E-state index contributed by atoms with van der Waals surface area (Å²) in [4.78, 5) is 33.2. The molecule has 1 aliphatic heterocycles. The van der Waals surface area contributed by atoms with Crippen molar-refractivity contribution >= 4 is 5.78 Å². The van der Waals surface area contributed by atoms with Crippen molar-refractivity contribution in [3.8, 4) is 22.5 Å². The Morgan fingerprint density at radius 3 is 2.38 bits per heavy atom. The zero-order valence-corrected chi connectivity index (χ0v) is 25.6. The number of hydrogen-bond acceptors (Lipinski definition) is 8. The van der Waals surface area contributed by atoms with E-state index in [2.05, 4.69) is 44.6 Å². The van der Waals surface area contributed by atoms with Crippen LogP contribution in [0.3, 0.4) is 0 Å². The van der Waals surface area contributed by atoms with Crippen LogP contribution in [0, 0.1) is 0 Å². The number of hydrogen-bond donors (Lipinski definition) is 2. The summed E-state index contributed by atoms with van der Waals surface area (Å²) in [5, 5.41) is 12.3. The number of nitrogens with one attached hydrogen (secondary N) is 2. The Kier molecular flexibility index (Phi) is 8.45. The summed E-state index contributed by atoms with van der Waals surface area (Å²) in [7, 11) is 0. The third-order valence-corrected chi connectivity index (χ3v) is 9.34. The van der Waals surface area contributed by atoms with Crippen LogP contribution in [0.25, 0.3) is 28.3 Å². The van der Waals surface area contributed by atoms with Crippen molar-refractivity contribution in [2.24, 2.45) is 0 Å². The summed E-state index contributed by atoms with van der Waals surface area (Å²) in [6.45, 7) is 3.79. The van der Waals surface area contributed by atoms with Crippen LogP contribution in [0.2, 0.25) is 0 Å². The van der Waals surface area contributed by atoms with E-state index >= 15 is 0 Å². The summed E-state index contributed by atoms with van der Waals surface area (Å²) < 4.78 is 14.1. The molecule has 4 heterocycles. The van der Waals surface area contributed by atoms with Crippen LogP contribution in [-0.4, -0.2) is 54.6 Å². The summed E-state index contributed by atoms with van der Waals surface area (Å²) in [6, 6.07) is 17.1. The predicted molar refractivity (Wildman–Crippen MR) is 170 cm³/mol. The van der Waals surface area contributed by atoms with E-state index < -0.39 is 5.76 Å². The van der Waals surface area contributed by atoms with Crippen LogP contribution in [0.15, 0.2) is 69.0 Å². The lowest BCUT2D eigenvalue weighted by molar-refractivity contribution is 0.0723. The predicted octanol–water partition coefficient (Wildman–Crippen LogP) is 4.70. The molecule has 2 N–H and O–H groups in total. The van der Waals surface area contributed by atoms with Gasteiger partial charge in [0.2, 0.25) is 5.78 Å². The standard InChI is InChI=1S/C34H39N7O4/c1-2-5-30-29(20-22-8-10-23(11-9-22)27-6-3-4-7-28(27)31-38-34(43)45-39-31)32(42)40(33-35-21-36-41(30)33)26-14-12-24(13-15-26)37-25-16-18-44-19-17-25/h3-4,6-11,21,24-26,37H,2,5,12-20H2,1H3,(H,38,39,43). The molecule has 0 atom stereocenters. The van der Waals surface area contributed by atoms with Crippen LogP contribution in [0.1, 0.15) is 74.7 Å². The van der Waals surface area contributed by atoms with Gasteiger partial charge in [0.05, 0.1) is 5.69 Å². The largest absolute Gasteiger partial charge is 0.439 e. The van der Waals surface area contributed by atoms with E-state index in [1.165, 1.54) is 0 Å². The second kappa shape index (κ2) is 12.9. The minimum Gasteiger partial charge on any atom is -0.381 e. The lowest BCUT2D eigenvalue weighted by atomic mass is 9.89. The van der Waals surface area contributed by atoms with Crippen LogP contribution in [-0.2, 0) is 17.6 Å². The fourth-order valence-corrected chi connectivity index (χ4v) is 7.07. The minimum absolute atomic E-state index is 0.0456. The van der Waals surface area contributed by atoms with Gasteiger partial charge in [0.1, 0.15) is 6.33 Å². The highest BCUT2D eigenvalue weighted by atomic mass is 16.5. The SMILES string of the molecule is CCCc1c(Cc2ccc(-c3ccccc3-c3noc(=O)[nH]3)cc2)c(=O)n(C2CCC(NC3CCOCC3)CC2)c2ncnn12. The van der Waals surface area contributed by atoms with Gasteiger partial charge in [-0.1, -0.05) is 67.0 Å². The molecule has 0 radical (unpaired) electrons.